The average molecular weight is 362 g/mol. The van der Waals surface area contributed by atoms with Crippen molar-refractivity contribution in [2.45, 2.75) is 18.9 Å². The van der Waals surface area contributed by atoms with Crippen molar-refractivity contribution in [3.63, 3.8) is 0 Å². The van der Waals surface area contributed by atoms with Gasteiger partial charge < -0.3 is 16.2 Å². The summed E-state index contributed by atoms with van der Waals surface area (Å²) >= 11 is 0. The molecule has 0 aromatic heterocycles. The number of hydrogen-bond acceptors (Lipinski definition) is 3. The largest absolute Gasteiger partial charge is 0.478 e. The molecule has 2 rings (SSSR count). The summed E-state index contributed by atoms with van der Waals surface area (Å²) in [5.74, 6) is -4.15. The fraction of sp³-hybridized carbons (Fsp3) is 0.167. The van der Waals surface area contributed by atoms with Gasteiger partial charge in [-0.05, 0) is 29.3 Å². The maximum absolute atomic E-state index is 13.6. The van der Waals surface area contributed by atoms with Crippen LogP contribution in [0.15, 0.2) is 42.5 Å². The number of nitrogens with two attached hydrogens (primary N) is 1. The van der Waals surface area contributed by atoms with Gasteiger partial charge in [0, 0.05) is 12.5 Å². The van der Waals surface area contributed by atoms with Gasteiger partial charge in [0.15, 0.2) is 0 Å². The van der Waals surface area contributed by atoms with Crippen LogP contribution in [0.2, 0.25) is 0 Å². The third kappa shape index (κ3) is 5.10. The van der Waals surface area contributed by atoms with E-state index in [1.165, 1.54) is 24.3 Å². The first-order chi connectivity index (χ1) is 12.3. The van der Waals surface area contributed by atoms with Crippen molar-refractivity contribution in [2.24, 2.45) is 5.73 Å². The number of aromatic carboxylic acids is 1. The van der Waals surface area contributed by atoms with Gasteiger partial charge in [-0.2, -0.15) is 0 Å². The van der Waals surface area contributed by atoms with Crippen LogP contribution < -0.4 is 11.1 Å². The molecule has 0 saturated heterocycles. The normalized spacial score (nSPS) is 11.6. The average Bonchev–Trinajstić information content (AvgIpc) is 2.57. The SMILES string of the molecule is NC(=O)[C@@H](Cc1ccc(C(=O)O)cc1)NC(=O)Cc1ccc(F)cc1F. The first-order valence-corrected chi connectivity index (χ1v) is 7.61. The lowest BCUT2D eigenvalue weighted by molar-refractivity contribution is -0.127. The van der Waals surface area contributed by atoms with E-state index in [0.717, 1.165) is 12.1 Å². The number of nitrogens with one attached hydrogen (secondary N) is 1. The summed E-state index contributed by atoms with van der Waals surface area (Å²) in [5.41, 5.74) is 5.94. The van der Waals surface area contributed by atoms with Crippen LogP contribution in [-0.2, 0) is 22.4 Å². The van der Waals surface area contributed by atoms with Crippen LogP contribution in [0.3, 0.4) is 0 Å². The quantitative estimate of drug-likeness (QED) is 0.692. The van der Waals surface area contributed by atoms with E-state index in [2.05, 4.69) is 5.32 Å². The molecule has 0 aliphatic rings. The number of carbonyl (C=O) groups excluding carboxylic acids is 2. The topological polar surface area (TPSA) is 109 Å². The van der Waals surface area contributed by atoms with Crippen molar-refractivity contribution < 1.29 is 28.3 Å². The summed E-state index contributed by atoms with van der Waals surface area (Å²) < 4.78 is 26.5. The van der Waals surface area contributed by atoms with Crippen molar-refractivity contribution in [3.8, 4) is 0 Å². The van der Waals surface area contributed by atoms with E-state index >= 15 is 0 Å². The van der Waals surface area contributed by atoms with Crippen LogP contribution in [0, 0.1) is 11.6 Å². The van der Waals surface area contributed by atoms with E-state index in [9.17, 15) is 23.2 Å². The lowest BCUT2D eigenvalue weighted by Crippen LogP contribution is -2.46. The zero-order valence-corrected chi connectivity index (χ0v) is 13.5. The molecule has 0 aliphatic carbocycles. The van der Waals surface area contributed by atoms with Gasteiger partial charge in [-0.15, -0.1) is 0 Å². The second-order valence-corrected chi connectivity index (χ2v) is 5.64. The minimum absolute atomic E-state index is 0.0158. The van der Waals surface area contributed by atoms with Crippen LogP contribution in [0.4, 0.5) is 8.78 Å². The molecule has 0 fully saturated rings. The summed E-state index contributed by atoms with van der Waals surface area (Å²) in [5, 5.41) is 11.3. The van der Waals surface area contributed by atoms with Crippen molar-refractivity contribution in [3.05, 3.63) is 70.8 Å². The fourth-order valence-electron chi connectivity index (χ4n) is 2.33. The number of benzene rings is 2. The number of halogens is 2. The highest BCUT2D eigenvalue weighted by atomic mass is 19.1. The highest BCUT2D eigenvalue weighted by Crippen LogP contribution is 2.11. The van der Waals surface area contributed by atoms with Crippen LogP contribution in [-0.4, -0.2) is 28.9 Å². The molecule has 0 heterocycles. The number of rotatable bonds is 7. The van der Waals surface area contributed by atoms with Gasteiger partial charge in [0.1, 0.15) is 17.7 Å². The zero-order chi connectivity index (χ0) is 19.3. The summed E-state index contributed by atoms with van der Waals surface area (Å²) in [4.78, 5) is 34.4. The fourth-order valence-corrected chi connectivity index (χ4v) is 2.33. The molecule has 8 heteroatoms. The van der Waals surface area contributed by atoms with E-state index < -0.39 is 35.5 Å². The molecular formula is C18H16F2N2O4. The molecule has 0 radical (unpaired) electrons. The van der Waals surface area contributed by atoms with Crippen molar-refractivity contribution >= 4 is 17.8 Å². The molecule has 1 atom stereocenters. The van der Waals surface area contributed by atoms with Gasteiger partial charge in [-0.3, -0.25) is 9.59 Å². The van der Waals surface area contributed by atoms with E-state index in [0.29, 0.717) is 11.6 Å². The van der Waals surface area contributed by atoms with Crippen LogP contribution >= 0.6 is 0 Å². The molecule has 2 aromatic carbocycles. The molecule has 0 aliphatic heterocycles. The van der Waals surface area contributed by atoms with Gasteiger partial charge in [0.05, 0.1) is 12.0 Å². The Hall–Kier alpha value is -3.29. The Labute approximate surface area is 147 Å². The predicted molar refractivity (Wildman–Crippen MR) is 88.3 cm³/mol. The number of hydrogen-bond donors (Lipinski definition) is 3. The Morgan fingerprint density at radius 1 is 1.08 bits per heavy atom. The Kier molecular flexibility index (Phi) is 6.00. The minimum atomic E-state index is -1.09. The Morgan fingerprint density at radius 3 is 2.27 bits per heavy atom. The smallest absolute Gasteiger partial charge is 0.335 e. The number of carboxylic acids is 1. The minimum Gasteiger partial charge on any atom is -0.478 e. The monoisotopic (exact) mass is 362 g/mol. The summed E-state index contributed by atoms with van der Waals surface area (Å²) in [6.07, 6.45) is -0.333. The Morgan fingerprint density at radius 2 is 1.73 bits per heavy atom. The third-order valence-electron chi connectivity index (χ3n) is 3.69. The van der Waals surface area contributed by atoms with E-state index in [1.807, 2.05) is 0 Å². The van der Waals surface area contributed by atoms with E-state index in [1.54, 1.807) is 0 Å². The standard InChI is InChI=1S/C18H16F2N2O4/c19-13-6-5-12(14(20)9-13)8-16(23)22-15(17(21)24)7-10-1-3-11(4-2-10)18(25)26/h1-6,9,15H,7-8H2,(H2,21,24)(H,22,23)(H,25,26)/t15-/m1/s1. The molecule has 4 N–H and O–H groups in total. The van der Waals surface area contributed by atoms with E-state index in [4.69, 9.17) is 10.8 Å². The molecule has 2 aromatic rings. The van der Waals surface area contributed by atoms with Crippen molar-refractivity contribution in [1.82, 2.24) is 5.32 Å². The second kappa shape index (κ2) is 8.19. The molecule has 6 nitrogen and oxygen atoms in total. The van der Waals surface area contributed by atoms with Crippen LogP contribution in [0.1, 0.15) is 21.5 Å². The lowest BCUT2D eigenvalue weighted by atomic mass is 10.0. The first-order valence-electron chi connectivity index (χ1n) is 7.61. The highest BCUT2D eigenvalue weighted by molar-refractivity contribution is 5.88. The maximum atomic E-state index is 13.6. The molecule has 0 bridgehead atoms. The zero-order valence-electron chi connectivity index (χ0n) is 13.5. The third-order valence-corrected chi connectivity index (χ3v) is 3.69. The summed E-state index contributed by atoms with van der Waals surface area (Å²) in [6.45, 7) is 0. The van der Waals surface area contributed by atoms with Gasteiger partial charge in [-0.25, -0.2) is 13.6 Å². The van der Waals surface area contributed by atoms with Gasteiger partial charge in [0.25, 0.3) is 0 Å². The Balaban J connectivity index is 2.04. The van der Waals surface area contributed by atoms with Crippen molar-refractivity contribution in [2.75, 3.05) is 0 Å². The first kappa shape index (κ1) is 19.0. The number of amides is 2. The van der Waals surface area contributed by atoms with E-state index in [-0.39, 0.29) is 24.0 Å². The highest BCUT2D eigenvalue weighted by Gasteiger charge is 2.20. The molecule has 136 valence electrons. The van der Waals surface area contributed by atoms with Crippen LogP contribution in [0.25, 0.3) is 0 Å². The van der Waals surface area contributed by atoms with Crippen molar-refractivity contribution in [1.29, 1.82) is 0 Å². The van der Waals surface area contributed by atoms with Gasteiger partial charge >= 0.3 is 5.97 Å². The number of primary amides is 1. The van der Waals surface area contributed by atoms with Crippen LogP contribution in [0.5, 0.6) is 0 Å². The summed E-state index contributed by atoms with van der Waals surface area (Å²) in [7, 11) is 0. The Bertz CT molecular complexity index is 838. The number of carboxylic acid groups (broad SMARTS) is 1. The summed E-state index contributed by atoms with van der Waals surface area (Å²) in [6, 6.07) is 7.53. The molecule has 0 saturated carbocycles. The molecule has 0 spiro atoms. The predicted octanol–water partition coefficient (Wildman–Crippen LogP) is 1.42. The van der Waals surface area contributed by atoms with Gasteiger partial charge in [0.2, 0.25) is 11.8 Å². The molecule has 0 unspecified atom stereocenters. The maximum Gasteiger partial charge on any atom is 0.335 e. The lowest BCUT2D eigenvalue weighted by Gasteiger charge is -2.16. The second-order valence-electron chi connectivity index (χ2n) is 5.64. The number of carbonyl (C=O) groups is 3. The molecular weight excluding hydrogens is 346 g/mol. The molecule has 2 amide bonds. The molecule has 26 heavy (non-hydrogen) atoms. The van der Waals surface area contributed by atoms with Gasteiger partial charge in [-0.1, -0.05) is 18.2 Å².